The summed E-state index contributed by atoms with van der Waals surface area (Å²) in [5.41, 5.74) is 7.69. The quantitative estimate of drug-likeness (QED) is 0.232. The van der Waals surface area contributed by atoms with Gasteiger partial charge in [0.05, 0.1) is 12.1 Å². The summed E-state index contributed by atoms with van der Waals surface area (Å²) in [4.78, 5) is 2.56. The van der Waals surface area contributed by atoms with Crippen molar-refractivity contribution in [2.45, 2.75) is 24.9 Å². The molecule has 0 N–H and O–H groups in total. The summed E-state index contributed by atoms with van der Waals surface area (Å²) in [6, 6.07) is 42.1. The number of nitrogens with zero attached hydrogens (tertiary/aromatic N) is 1. The van der Waals surface area contributed by atoms with E-state index in [1.54, 1.807) is 0 Å². The second-order valence-electron chi connectivity index (χ2n) is 10.5. The van der Waals surface area contributed by atoms with E-state index in [4.69, 9.17) is 0 Å². The Hall–Kier alpha value is -4.56. The van der Waals surface area contributed by atoms with Gasteiger partial charge < -0.3 is 4.90 Å². The first-order valence-corrected chi connectivity index (χ1v) is 14.3. The van der Waals surface area contributed by atoms with E-state index < -0.39 is 0 Å². The minimum atomic E-state index is 0.225. The van der Waals surface area contributed by atoms with Gasteiger partial charge in [0, 0.05) is 5.69 Å². The molecule has 6 rings (SSSR count). The van der Waals surface area contributed by atoms with Gasteiger partial charge in [-0.05, 0) is 36.1 Å². The van der Waals surface area contributed by atoms with E-state index in [1.165, 1.54) is 33.2 Å². The predicted octanol–water partition coefficient (Wildman–Crippen LogP) is 6.86. The lowest BCUT2D eigenvalue weighted by Crippen LogP contribution is -2.51. The Morgan fingerprint density at radius 2 is 1.18 bits per heavy atom. The molecule has 0 spiro atoms. The van der Waals surface area contributed by atoms with Gasteiger partial charge in [0.15, 0.2) is 0 Å². The summed E-state index contributed by atoms with van der Waals surface area (Å²) in [6.45, 7) is 0.225. The predicted molar refractivity (Wildman–Crippen MR) is 174 cm³/mol. The van der Waals surface area contributed by atoms with Crippen LogP contribution in [0, 0.1) is 0 Å². The van der Waals surface area contributed by atoms with Crippen molar-refractivity contribution in [2.75, 3.05) is 4.90 Å². The molecule has 0 bridgehead atoms. The van der Waals surface area contributed by atoms with Crippen molar-refractivity contribution in [3.63, 3.8) is 0 Å². The summed E-state index contributed by atoms with van der Waals surface area (Å²) in [6.07, 6.45) is 22.4. The molecule has 0 heterocycles. The van der Waals surface area contributed by atoms with Crippen molar-refractivity contribution in [2.24, 2.45) is 0 Å². The molecule has 0 amide bonds. The van der Waals surface area contributed by atoms with Gasteiger partial charge in [-0.3, -0.25) is 0 Å². The van der Waals surface area contributed by atoms with E-state index in [1.807, 2.05) is 0 Å². The Labute approximate surface area is 239 Å². The fourth-order valence-electron chi connectivity index (χ4n) is 5.82. The molecule has 0 aliphatic heterocycles. The van der Waals surface area contributed by atoms with Gasteiger partial charge in [0.1, 0.15) is 0 Å². The maximum absolute atomic E-state index is 2.56. The highest BCUT2D eigenvalue weighted by Crippen LogP contribution is 2.28. The van der Waals surface area contributed by atoms with Crippen molar-refractivity contribution in [1.82, 2.24) is 0 Å². The van der Waals surface area contributed by atoms with Crippen LogP contribution in [-0.4, -0.2) is 18.8 Å². The SMILES string of the molecule is C1=CCC(N(c2ccccc2)C2C=CC(C=Cc3ccc(B(c4ccccc4)c4ccccc4)cc3)=CC2)C=C1. The highest BCUT2D eigenvalue weighted by molar-refractivity contribution is 6.95. The number of anilines is 1. The van der Waals surface area contributed by atoms with E-state index >= 15 is 0 Å². The molecule has 194 valence electrons. The molecular weight excluding hydrogens is 481 g/mol. The van der Waals surface area contributed by atoms with Crippen LogP contribution < -0.4 is 21.3 Å². The molecule has 0 fully saturated rings. The van der Waals surface area contributed by atoms with Crippen LogP contribution in [0.3, 0.4) is 0 Å². The average Bonchev–Trinajstić information content (AvgIpc) is 3.04. The summed E-state index contributed by atoms with van der Waals surface area (Å²) < 4.78 is 0. The minimum Gasteiger partial charge on any atom is -0.358 e. The first kappa shape index (κ1) is 25.7. The first-order chi connectivity index (χ1) is 19.8. The van der Waals surface area contributed by atoms with Crippen molar-refractivity contribution in [1.29, 1.82) is 0 Å². The number of para-hydroxylation sites is 1. The van der Waals surface area contributed by atoms with Crippen LogP contribution in [-0.2, 0) is 0 Å². The molecule has 0 radical (unpaired) electrons. The Kier molecular flexibility index (Phi) is 8.06. The number of rotatable bonds is 8. The summed E-state index contributed by atoms with van der Waals surface area (Å²) in [7, 11) is 0. The van der Waals surface area contributed by atoms with Crippen molar-refractivity contribution < 1.29 is 0 Å². The monoisotopic (exact) mass is 515 g/mol. The van der Waals surface area contributed by atoms with Gasteiger partial charge in [-0.1, -0.05) is 174 Å². The zero-order valence-electron chi connectivity index (χ0n) is 22.8. The first-order valence-electron chi connectivity index (χ1n) is 14.3. The third kappa shape index (κ3) is 6.02. The topological polar surface area (TPSA) is 3.24 Å². The van der Waals surface area contributed by atoms with Gasteiger partial charge in [-0.25, -0.2) is 0 Å². The average molecular weight is 516 g/mol. The van der Waals surface area contributed by atoms with Crippen LogP contribution in [0.4, 0.5) is 5.69 Å². The van der Waals surface area contributed by atoms with Gasteiger partial charge in [-0.2, -0.15) is 0 Å². The van der Waals surface area contributed by atoms with Crippen LogP contribution in [0.5, 0.6) is 0 Å². The Morgan fingerprint density at radius 3 is 1.75 bits per heavy atom. The van der Waals surface area contributed by atoms with Crippen LogP contribution in [0.2, 0.25) is 0 Å². The molecule has 2 aliphatic carbocycles. The second-order valence-corrected chi connectivity index (χ2v) is 10.5. The Morgan fingerprint density at radius 1 is 0.575 bits per heavy atom. The third-order valence-electron chi connectivity index (χ3n) is 7.84. The molecule has 4 aromatic carbocycles. The van der Waals surface area contributed by atoms with Crippen LogP contribution in [0.1, 0.15) is 18.4 Å². The molecular formula is C38H34BN. The van der Waals surface area contributed by atoms with Crippen molar-refractivity contribution in [3.05, 3.63) is 175 Å². The fourth-order valence-corrected chi connectivity index (χ4v) is 5.82. The lowest BCUT2D eigenvalue weighted by atomic mass is 9.37. The summed E-state index contributed by atoms with van der Waals surface area (Å²) >= 11 is 0. The van der Waals surface area contributed by atoms with Crippen molar-refractivity contribution in [3.8, 4) is 0 Å². The number of hydrogen-bond acceptors (Lipinski definition) is 1. The lowest BCUT2D eigenvalue weighted by molar-refractivity contribution is 0.615. The van der Waals surface area contributed by atoms with Gasteiger partial charge >= 0.3 is 0 Å². The van der Waals surface area contributed by atoms with Crippen molar-refractivity contribution >= 4 is 34.9 Å². The van der Waals surface area contributed by atoms with E-state index in [0.29, 0.717) is 12.1 Å². The highest BCUT2D eigenvalue weighted by Gasteiger charge is 2.24. The zero-order valence-corrected chi connectivity index (χ0v) is 22.8. The van der Waals surface area contributed by atoms with E-state index in [9.17, 15) is 0 Å². The van der Waals surface area contributed by atoms with E-state index in [-0.39, 0.29) is 6.71 Å². The van der Waals surface area contributed by atoms with Crippen LogP contribution in [0.15, 0.2) is 169 Å². The van der Waals surface area contributed by atoms with E-state index in [2.05, 4.69) is 175 Å². The summed E-state index contributed by atoms with van der Waals surface area (Å²) in [5.74, 6) is 0. The van der Waals surface area contributed by atoms with Gasteiger partial charge in [-0.15, -0.1) is 0 Å². The van der Waals surface area contributed by atoms with Gasteiger partial charge in [0.2, 0.25) is 6.71 Å². The standard InChI is InChI=1S/C38H34BN/c1-5-13-33(14-6-1)39(34-15-7-2-8-16-34)35-27-23-31(24-28-35)21-22-32-25-29-38(30-26-32)40(36-17-9-3-10-18-36)37-19-11-4-12-20-37/h1-19,21-29,37-38H,20,30H2. The fraction of sp³-hybridized carbons (Fsp3) is 0.105. The Bertz CT molecular complexity index is 1490. The molecule has 2 aliphatic rings. The second kappa shape index (κ2) is 12.5. The van der Waals surface area contributed by atoms with Crippen LogP contribution >= 0.6 is 0 Å². The maximum atomic E-state index is 2.56. The third-order valence-corrected chi connectivity index (χ3v) is 7.84. The molecule has 4 aromatic rings. The number of allylic oxidation sites excluding steroid dienone is 5. The number of hydrogen-bond donors (Lipinski definition) is 0. The molecule has 2 heteroatoms. The highest BCUT2D eigenvalue weighted by atomic mass is 15.2. The van der Waals surface area contributed by atoms with Gasteiger partial charge in [0.25, 0.3) is 0 Å². The maximum Gasteiger partial charge on any atom is 0.241 e. The molecule has 2 atom stereocenters. The van der Waals surface area contributed by atoms with Crippen LogP contribution in [0.25, 0.3) is 6.08 Å². The molecule has 40 heavy (non-hydrogen) atoms. The smallest absolute Gasteiger partial charge is 0.241 e. The number of benzene rings is 4. The molecule has 0 saturated heterocycles. The molecule has 0 aromatic heterocycles. The molecule has 2 unspecified atom stereocenters. The lowest BCUT2D eigenvalue weighted by Gasteiger charge is -2.38. The summed E-state index contributed by atoms with van der Waals surface area (Å²) in [5, 5.41) is 0. The largest absolute Gasteiger partial charge is 0.358 e. The minimum absolute atomic E-state index is 0.225. The van der Waals surface area contributed by atoms with E-state index in [0.717, 1.165) is 12.8 Å². The molecule has 0 saturated carbocycles. The Balaban J connectivity index is 1.16. The normalized spacial score (nSPS) is 18.1. The molecule has 1 nitrogen and oxygen atoms in total. The zero-order chi connectivity index (χ0) is 27.0.